The first-order valence-corrected chi connectivity index (χ1v) is 4.86. The van der Waals surface area contributed by atoms with E-state index in [9.17, 15) is 14.7 Å². The normalized spacial score (nSPS) is 13.8. The Labute approximate surface area is 97.5 Å². The van der Waals surface area contributed by atoms with Crippen molar-refractivity contribution in [1.29, 1.82) is 0 Å². The molecule has 6 heteroatoms. The number of carboxylic acid groups (broad SMARTS) is 1. The van der Waals surface area contributed by atoms with Crippen LogP contribution in [-0.4, -0.2) is 39.3 Å². The molecule has 0 bridgehead atoms. The Morgan fingerprint density at radius 1 is 1.41 bits per heavy atom. The van der Waals surface area contributed by atoms with Crippen molar-refractivity contribution < 1.29 is 24.9 Å². The lowest BCUT2D eigenvalue weighted by Crippen LogP contribution is -2.46. The Hall–Kier alpha value is -2.08. The van der Waals surface area contributed by atoms with Crippen LogP contribution in [0.25, 0.3) is 0 Å². The van der Waals surface area contributed by atoms with E-state index < -0.39 is 24.0 Å². The fourth-order valence-electron chi connectivity index (χ4n) is 1.08. The van der Waals surface area contributed by atoms with E-state index in [1.807, 2.05) is 0 Å². The zero-order valence-electron chi connectivity index (χ0n) is 9.17. The molecule has 0 aliphatic heterocycles. The van der Waals surface area contributed by atoms with Gasteiger partial charge in [0.1, 0.15) is 5.75 Å². The summed E-state index contributed by atoms with van der Waals surface area (Å²) in [6.07, 6.45) is 0. The van der Waals surface area contributed by atoms with Crippen LogP contribution in [0.1, 0.15) is 17.3 Å². The highest BCUT2D eigenvalue weighted by atomic mass is 16.4. The van der Waals surface area contributed by atoms with Gasteiger partial charge in [0.15, 0.2) is 5.60 Å². The number of hydrogen-bond donors (Lipinski definition) is 4. The van der Waals surface area contributed by atoms with Crippen molar-refractivity contribution in [2.24, 2.45) is 0 Å². The number of carbonyl (C=O) groups is 2. The maximum absolute atomic E-state index is 11.5. The van der Waals surface area contributed by atoms with E-state index in [1.165, 1.54) is 24.3 Å². The lowest BCUT2D eigenvalue weighted by atomic mass is 10.1. The van der Waals surface area contributed by atoms with Gasteiger partial charge in [0, 0.05) is 5.56 Å². The van der Waals surface area contributed by atoms with Crippen molar-refractivity contribution in [2.45, 2.75) is 12.5 Å². The van der Waals surface area contributed by atoms with Crippen molar-refractivity contribution in [1.82, 2.24) is 5.32 Å². The molecule has 92 valence electrons. The van der Waals surface area contributed by atoms with Crippen LogP contribution >= 0.6 is 0 Å². The predicted molar refractivity (Wildman–Crippen MR) is 58.7 cm³/mol. The summed E-state index contributed by atoms with van der Waals surface area (Å²) in [5.74, 6) is -2.06. The highest BCUT2D eigenvalue weighted by molar-refractivity contribution is 5.95. The van der Waals surface area contributed by atoms with E-state index in [0.717, 1.165) is 6.92 Å². The number of amides is 1. The summed E-state index contributed by atoms with van der Waals surface area (Å²) in [5.41, 5.74) is -1.84. The van der Waals surface area contributed by atoms with Gasteiger partial charge in [-0.15, -0.1) is 0 Å². The SMILES string of the molecule is CC(O)(CNC(=O)c1cccc(O)c1)C(=O)O. The Morgan fingerprint density at radius 3 is 2.59 bits per heavy atom. The minimum Gasteiger partial charge on any atom is -0.508 e. The number of benzene rings is 1. The number of phenolic OH excluding ortho intramolecular Hbond substituents is 1. The molecule has 0 aliphatic rings. The number of aliphatic carboxylic acids is 1. The molecule has 1 aromatic carbocycles. The molecule has 0 saturated heterocycles. The zero-order chi connectivity index (χ0) is 13.1. The quantitative estimate of drug-likeness (QED) is 0.589. The minimum absolute atomic E-state index is 0.0670. The molecule has 0 saturated carbocycles. The third-order valence-corrected chi connectivity index (χ3v) is 2.16. The van der Waals surface area contributed by atoms with Gasteiger partial charge in [0.25, 0.3) is 5.91 Å². The molecule has 0 spiro atoms. The van der Waals surface area contributed by atoms with E-state index in [-0.39, 0.29) is 11.3 Å². The Morgan fingerprint density at radius 2 is 2.06 bits per heavy atom. The topological polar surface area (TPSA) is 107 Å². The first-order valence-electron chi connectivity index (χ1n) is 4.86. The Bertz CT molecular complexity index is 441. The van der Waals surface area contributed by atoms with Crippen LogP contribution < -0.4 is 5.32 Å². The van der Waals surface area contributed by atoms with Crippen molar-refractivity contribution in [3.05, 3.63) is 29.8 Å². The molecule has 1 amide bonds. The van der Waals surface area contributed by atoms with E-state index in [4.69, 9.17) is 10.2 Å². The number of aliphatic hydroxyl groups is 1. The standard InChI is InChI=1S/C11H13NO5/c1-11(17,10(15)16)6-12-9(14)7-3-2-4-8(13)5-7/h2-5,13,17H,6H2,1H3,(H,12,14)(H,15,16). The van der Waals surface area contributed by atoms with Gasteiger partial charge in [-0.3, -0.25) is 4.79 Å². The van der Waals surface area contributed by atoms with Gasteiger partial charge in [-0.2, -0.15) is 0 Å². The maximum Gasteiger partial charge on any atom is 0.337 e. The molecular formula is C11H13NO5. The van der Waals surface area contributed by atoms with Gasteiger partial charge in [0.05, 0.1) is 6.54 Å². The van der Waals surface area contributed by atoms with Gasteiger partial charge in [0.2, 0.25) is 0 Å². The second-order valence-corrected chi connectivity index (χ2v) is 3.81. The summed E-state index contributed by atoms with van der Waals surface area (Å²) < 4.78 is 0. The maximum atomic E-state index is 11.5. The minimum atomic E-state index is -2.02. The third-order valence-electron chi connectivity index (χ3n) is 2.16. The fourth-order valence-corrected chi connectivity index (χ4v) is 1.08. The van der Waals surface area contributed by atoms with E-state index in [0.29, 0.717) is 0 Å². The lowest BCUT2D eigenvalue weighted by Gasteiger charge is -2.18. The van der Waals surface area contributed by atoms with Crippen LogP contribution in [0.3, 0.4) is 0 Å². The van der Waals surface area contributed by atoms with Crippen LogP contribution in [0.15, 0.2) is 24.3 Å². The summed E-state index contributed by atoms with van der Waals surface area (Å²) in [4.78, 5) is 22.1. The van der Waals surface area contributed by atoms with Crippen LogP contribution in [0.2, 0.25) is 0 Å². The number of carboxylic acids is 1. The van der Waals surface area contributed by atoms with Crippen LogP contribution in [0.4, 0.5) is 0 Å². The predicted octanol–water partition coefficient (Wildman–Crippen LogP) is -0.0424. The number of aromatic hydroxyl groups is 1. The highest BCUT2D eigenvalue weighted by Crippen LogP contribution is 2.11. The average Bonchev–Trinajstić information content (AvgIpc) is 2.25. The first-order chi connectivity index (χ1) is 7.83. The molecule has 0 aromatic heterocycles. The van der Waals surface area contributed by atoms with E-state index in [1.54, 1.807) is 0 Å². The van der Waals surface area contributed by atoms with Crippen LogP contribution in [0.5, 0.6) is 5.75 Å². The highest BCUT2D eigenvalue weighted by Gasteiger charge is 2.30. The van der Waals surface area contributed by atoms with Gasteiger partial charge < -0.3 is 20.6 Å². The molecule has 0 aliphatic carbocycles. The van der Waals surface area contributed by atoms with Crippen molar-refractivity contribution in [2.75, 3.05) is 6.54 Å². The van der Waals surface area contributed by atoms with Crippen LogP contribution in [0, 0.1) is 0 Å². The zero-order valence-corrected chi connectivity index (χ0v) is 9.17. The Kier molecular flexibility index (Phi) is 3.69. The van der Waals surface area contributed by atoms with Crippen LogP contribution in [-0.2, 0) is 4.79 Å². The van der Waals surface area contributed by atoms with Crippen molar-refractivity contribution >= 4 is 11.9 Å². The molecular weight excluding hydrogens is 226 g/mol. The number of carbonyl (C=O) groups excluding carboxylic acids is 1. The molecule has 0 fully saturated rings. The molecule has 1 rings (SSSR count). The molecule has 0 radical (unpaired) electrons. The molecule has 1 atom stereocenters. The summed E-state index contributed by atoms with van der Waals surface area (Å²) in [6.45, 7) is 0.662. The number of hydrogen-bond acceptors (Lipinski definition) is 4. The number of nitrogens with one attached hydrogen (secondary N) is 1. The van der Waals surface area contributed by atoms with E-state index in [2.05, 4.69) is 5.32 Å². The molecule has 6 nitrogen and oxygen atoms in total. The molecule has 4 N–H and O–H groups in total. The Balaban J connectivity index is 2.65. The molecule has 1 unspecified atom stereocenters. The second kappa shape index (κ2) is 4.84. The van der Waals surface area contributed by atoms with Gasteiger partial charge in [-0.25, -0.2) is 4.79 Å². The van der Waals surface area contributed by atoms with Gasteiger partial charge in [-0.05, 0) is 25.1 Å². The molecule has 1 aromatic rings. The largest absolute Gasteiger partial charge is 0.508 e. The summed E-state index contributed by atoms with van der Waals surface area (Å²) in [7, 11) is 0. The fraction of sp³-hybridized carbons (Fsp3) is 0.273. The van der Waals surface area contributed by atoms with E-state index >= 15 is 0 Å². The van der Waals surface area contributed by atoms with Crippen molar-refractivity contribution in [3.8, 4) is 5.75 Å². The summed E-state index contributed by atoms with van der Waals surface area (Å²) in [5, 5.41) is 29.4. The average molecular weight is 239 g/mol. The van der Waals surface area contributed by atoms with Gasteiger partial charge in [-0.1, -0.05) is 6.07 Å². The third kappa shape index (κ3) is 3.46. The number of rotatable bonds is 4. The van der Waals surface area contributed by atoms with Gasteiger partial charge >= 0.3 is 5.97 Å². The molecule has 0 heterocycles. The number of phenols is 1. The lowest BCUT2D eigenvalue weighted by molar-refractivity contribution is -0.155. The second-order valence-electron chi connectivity index (χ2n) is 3.81. The monoisotopic (exact) mass is 239 g/mol. The summed E-state index contributed by atoms with van der Waals surface area (Å²) >= 11 is 0. The summed E-state index contributed by atoms with van der Waals surface area (Å²) in [6, 6.07) is 5.60. The smallest absolute Gasteiger partial charge is 0.337 e. The first kappa shape index (κ1) is 13.0. The molecule has 17 heavy (non-hydrogen) atoms. The van der Waals surface area contributed by atoms with Crippen molar-refractivity contribution in [3.63, 3.8) is 0 Å².